The van der Waals surface area contributed by atoms with Gasteiger partial charge in [-0.25, -0.2) is 0 Å². The number of esters is 2. The fourth-order valence-corrected chi connectivity index (χ4v) is 7.50. The van der Waals surface area contributed by atoms with Crippen LogP contribution in [0.2, 0.25) is 0 Å². The van der Waals surface area contributed by atoms with Crippen LogP contribution in [0.15, 0.2) is 72.9 Å². The van der Waals surface area contributed by atoms with Crippen molar-refractivity contribution in [3.8, 4) is 0 Å². The average molecular weight is 918 g/mol. The number of phosphoric ester groups is 1. The highest BCUT2D eigenvalue weighted by molar-refractivity contribution is 7.45. The molecule has 0 amide bonds. The van der Waals surface area contributed by atoms with Crippen LogP contribution in [-0.4, -0.2) is 70.0 Å². The van der Waals surface area contributed by atoms with Crippen molar-refractivity contribution in [3.05, 3.63) is 72.9 Å². The van der Waals surface area contributed by atoms with Crippen LogP contribution in [0.4, 0.5) is 0 Å². The smallest absolute Gasteiger partial charge is 0.306 e. The minimum Gasteiger partial charge on any atom is -0.756 e. The van der Waals surface area contributed by atoms with Crippen LogP contribution in [0, 0.1) is 0 Å². The van der Waals surface area contributed by atoms with Gasteiger partial charge in [-0.05, 0) is 64.2 Å². The first-order valence-corrected chi connectivity index (χ1v) is 27.1. The summed E-state index contributed by atoms with van der Waals surface area (Å²) in [6.07, 6.45) is 58.0. The highest BCUT2D eigenvalue weighted by atomic mass is 31.2. The number of carbonyl (C=O) groups is 2. The summed E-state index contributed by atoms with van der Waals surface area (Å²) in [5.41, 5.74) is 0. The zero-order chi connectivity index (χ0) is 47.1. The van der Waals surface area contributed by atoms with E-state index in [1.807, 2.05) is 21.1 Å². The number of hydrogen-bond donors (Lipinski definition) is 0. The van der Waals surface area contributed by atoms with E-state index in [-0.39, 0.29) is 32.0 Å². The van der Waals surface area contributed by atoms with Gasteiger partial charge in [0, 0.05) is 12.8 Å². The van der Waals surface area contributed by atoms with Gasteiger partial charge in [0.2, 0.25) is 0 Å². The van der Waals surface area contributed by atoms with E-state index in [1.165, 1.54) is 89.9 Å². The highest BCUT2D eigenvalue weighted by Crippen LogP contribution is 2.38. The third kappa shape index (κ3) is 48.9. The molecule has 0 aromatic heterocycles. The molecule has 0 aliphatic heterocycles. The Morgan fingerprint density at radius 2 is 0.891 bits per heavy atom. The molecule has 0 rings (SSSR count). The topological polar surface area (TPSA) is 111 Å². The lowest BCUT2D eigenvalue weighted by Crippen LogP contribution is -2.37. The number of likely N-dealkylation sites (N-methyl/N-ethyl adjacent to an activating group) is 1. The molecular weight excluding hydrogens is 822 g/mol. The predicted octanol–water partition coefficient (Wildman–Crippen LogP) is 14.7. The van der Waals surface area contributed by atoms with Crippen LogP contribution >= 0.6 is 7.82 Å². The second kappa shape index (κ2) is 45.6. The molecule has 2 unspecified atom stereocenters. The number of carbonyl (C=O) groups excluding carboxylic acids is 2. The number of phosphoric acid groups is 1. The van der Waals surface area contributed by atoms with Gasteiger partial charge in [0.05, 0.1) is 27.7 Å². The monoisotopic (exact) mass is 918 g/mol. The van der Waals surface area contributed by atoms with Crippen molar-refractivity contribution >= 4 is 19.8 Å². The standard InChI is InChI=1S/C54H96NO8P/c1-6-8-10-12-14-16-18-19-20-21-22-23-24-25-26-27-28-29-30-31-32-33-34-35-37-39-41-43-45-47-54(57)63-52(51-62-64(58,59)61-49-48-55(3,4)5)50-60-53(56)46-44-42-40-38-36-17-15-13-11-9-7-2/h8,10,14,16,19-20,22-23,25-26,28-29,52H,6-7,9,11-13,15,17-18,21,24,27,30-51H2,1-5H3/b10-8-,16-14-,20-19-,23-22-,26-25-,29-28-. The summed E-state index contributed by atoms with van der Waals surface area (Å²) in [7, 11) is 1.16. The van der Waals surface area contributed by atoms with E-state index in [0.29, 0.717) is 17.4 Å². The van der Waals surface area contributed by atoms with Gasteiger partial charge < -0.3 is 27.9 Å². The van der Waals surface area contributed by atoms with Gasteiger partial charge in [0.15, 0.2) is 6.10 Å². The largest absolute Gasteiger partial charge is 0.756 e. The molecule has 64 heavy (non-hydrogen) atoms. The van der Waals surface area contributed by atoms with Crippen LogP contribution in [0.5, 0.6) is 0 Å². The normalized spacial score (nSPS) is 14.0. The minimum absolute atomic E-state index is 0.0333. The number of ether oxygens (including phenoxy) is 2. The maximum absolute atomic E-state index is 12.7. The second-order valence-corrected chi connectivity index (χ2v) is 19.6. The van der Waals surface area contributed by atoms with Crippen LogP contribution in [0.25, 0.3) is 0 Å². The zero-order valence-corrected chi connectivity index (χ0v) is 42.6. The van der Waals surface area contributed by atoms with Gasteiger partial charge in [-0.3, -0.25) is 14.2 Å². The molecule has 0 N–H and O–H groups in total. The number of allylic oxidation sites excluding steroid dienone is 12. The molecular formula is C54H96NO8P. The van der Waals surface area contributed by atoms with E-state index in [9.17, 15) is 19.0 Å². The lowest BCUT2D eigenvalue weighted by Gasteiger charge is -2.28. The molecule has 0 radical (unpaired) electrons. The molecule has 0 fully saturated rings. The lowest BCUT2D eigenvalue weighted by atomic mass is 10.0. The fraction of sp³-hybridized carbons (Fsp3) is 0.741. The van der Waals surface area contributed by atoms with E-state index in [2.05, 4.69) is 86.8 Å². The number of rotatable bonds is 46. The van der Waals surface area contributed by atoms with E-state index in [1.54, 1.807) is 0 Å². The van der Waals surface area contributed by atoms with Crippen molar-refractivity contribution in [2.75, 3.05) is 47.5 Å². The van der Waals surface area contributed by atoms with Gasteiger partial charge in [-0.1, -0.05) is 202 Å². The van der Waals surface area contributed by atoms with Crippen molar-refractivity contribution in [2.24, 2.45) is 0 Å². The maximum Gasteiger partial charge on any atom is 0.306 e. The Labute approximate surface area is 393 Å². The van der Waals surface area contributed by atoms with E-state index in [4.69, 9.17) is 18.5 Å². The quantitative estimate of drug-likeness (QED) is 0.0195. The molecule has 0 aromatic carbocycles. The maximum atomic E-state index is 12.7. The van der Waals surface area contributed by atoms with Crippen molar-refractivity contribution in [1.29, 1.82) is 0 Å². The van der Waals surface area contributed by atoms with Gasteiger partial charge in [0.1, 0.15) is 19.8 Å². The Morgan fingerprint density at radius 1 is 0.500 bits per heavy atom. The third-order valence-corrected chi connectivity index (χ3v) is 11.7. The molecule has 370 valence electrons. The van der Waals surface area contributed by atoms with E-state index >= 15 is 0 Å². The van der Waals surface area contributed by atoms with Crippen LogP contribution in [0.3, 0.4) is 0 Å². The van der Waals surface area contributed by atoms with Gasteiger partial charge >= 0.3 is 11.9 Å². The van der Waals surface area contributed by atoms with Gasteiger partial charge in [0.25, 0.3) is 7.82 Å². The molecule has 0 saturated carbocycles. The predicted molar refractivity (Wildman–Crippen MR) is 268 cm³/mol. The molecule has 0 spiro atoms. The highest BCUT2D eigenvalue weighted by Gasteiger charge is 2.21. The summed E-state index contributed by atoms with van der Waals surface area (Å²) in [5.74, 6) is -0.840. The first-order chi connectivity index (χ1) is 31.0. The van der Waals surface area contributed by atoms with Crippen LogP contribution < -0.4 is 4.89 Å². The van der Waals surface area contributed by atoms with Crippen molar-refractivity contribution in [1.82, 2.24) is 0 Å². The van der Waals surface area contributed by atoms with Crippen LogP contribution in [0.1, 0.15) is 206 Å². The summed E-state index contributed by atoms with van der Waals surface area (Å²) in [5, 5.41) is 0. The fourth-order valence-electron chi connectivity index (χ4n) is 6.78. The van der Waals surface area contributed by atoms with Crippen molar-refractivity contribution in [3.63, 3.8) is 0 Å². The minimum atomic E-state index is -4.63. The second-order valence-electron chi connectivity index (χ2n) is 18.2. The van der Waals surface area contributed by atoms with Crippen LogP contribution in [-0.2, 0) is 32.7 Å². The van der Waals surface area contributed by atoms with Crippen molar-refractivity contribution in [2.45, 2.75) is 213 Å². The summed E-state index contributed by atoms with van der Waals surface area (Å²) in [6, 6.07) is 0. The van der Waals surface area contributed by atoms with Gasteiger partial charge in [-0.15, -0.1) is 0 Å². The Hall–Kier alpha value is -2.55. The van der Waals surface area contributed by atoms with Crippen molar-refractivity contribution < 1.29 is 42.1 Å². The number of nitrogens with zero attached hydrogens (tertiary/aromatic N) is 1. The number of quaternary nitrogens is 1. The summed E-state index contributed by atoms with van der Waals surface area (Å²) >= 11 is 0. The summed E-state index contributed by atoms with van der Waals surface area (Å²) in [6.45, 7) is 4.10. The Kier molecular flexibility index (Phi) is 43.8. The molecule has 10 heteroatoms. The zero-order valence-electron chi connectivity index (χ0n) is 41.7. The van der Waals surface area contributed by atoms with E-state index < -0.39 is 26.5 Å². The SMILES string of the molecule is CC/C=C\C/C=C\C/C=C\C/C=C\C/C=C\C/C=C\CCCCCCCCCCCCC(=O)OC(COC(=O)CCCCCCCCCCCCC)COP(=O)([O-])OCC[N+](C)(C)C. The summed E-state index contributed by atoms with van der Waals surface area (Å²) in [4.78, 5) is 37.6. The summed E-state index contributed by atoms with van der Waals surface area (Å²) < 4.78 is 34.0. The number of unbranched alkanes of at least 4 members (excludes halogenated alkanes) is 20. The Morgan fingerprint density at radius 3 is 1.33 bits per heavy atom. The first-order valence-electron chi connectivity index (χ1n) is 25.6. The molecule has 0 aliphatic rings. The molecule has 0 aliphatic carbocycles. The lowest BCUT2D eigenvalue weighted by molar-refractivity contribution is -0.870. The molecule has 0 heterocycles. The van der Waals surface area contributed by atoms with Gasteiger partial charge in [-0.2, -0.15) is 0 Å². The number of hydrogen-bond acceptors (Lipinski definition) is 8. The molecule has 9 nitrogen and oxygen atoms in total. The Bertz CT molecular complexity index is 1310. The Balaban J connectivity index is 4.16. The molecule has 2 atom stereocenters. The molecule has 0 saturated heterocycles. The molecule has 0 aromatic rings. The first kappa shape index (κ1) is 61.5. The third-order valence-electron chi connectivity index (χ3n) is 10.7. The van der Waals surface area contributed by atoms with E-state index in [0.717, 1.165) is 83.5 Å². The average Bonchev–Trinajstić information content (AvgIpc) is 3.25. The molecule has 0 bridgehead atoms.